The molecule has 0 aromatic heterocycles. The highest BCUT2D eigenvalue weighted by molar-refractivity contribution is 9.10. The zero-order valence-electron chi connectivity index (χ0n) is 9.59. The zero-order chi connectivity index (χ0) is 14.0. The minimum absolute atomic E-state index is 0.157. The van der Waals surface area contributed by atoms with Crippen molar-refractivity contribution in [3.8, 4) is 5.75 Å². The monoisotopic (exact) mass is 363 g/mol. The van der Waals surface area contributed by atoms with Crippen LogP contribution in [0.2, 0.25) is 10.0 Å². The Labute approximate surface area is 128 Å². The molecule has 0 radical (unpaired) electrons. The number of nitrogens with two attached hydrogens (primary N) is 1. The summed E-state index contributed by atoms with van der Waals surface area (Å²) in [6.45, 7) is 0.157. The van der Waals surface area contributed by atoms with Crippen LogP contribution in [0.25, 0.3) is 0 Å². The molecule has 0 saturated carbocycles. The quantitative estimate of drug-likeness (QED) is 0.773. The van der Waals surface area contributed by atoms with E-state index in [1.54, 1.807) is 18.2 Å². The molecule has 2 nitrogen and oxygen atoms in total. The van der Waals surface area contributed by atoms with Crippen molar-refractivity contribution in [1.82, 2.24) is 0 Å². The third-order valence-corrected chi connectivity index (χ3v) is 3.66. The predicted molar refractivity (Wildman–Crippen MR) is 79.3 cm³/mol. The molecule has 2 aromatic carbocycles. The summed E-state index contributed by atoms with van der Waals surface area (Å²) >= 11 is 14.9. The molecule has 0 spiro atoms. The number of halogens is 4. The first kappa shape index (κ1) is 14.4. The van der Waals surface area contributed by atoms with Crippen molar-refractivity contribution >= 4 is 44.8 Å². The average molecular weight is 365 g/mol. The van der Waals surface area contributed by atoms with Crippen LogP contribution in [0.3, 0.4) is 0 Å². The molecular weight excluding hydrogens is 356 g/mol. The van der Waals surface area contributed by atoms with Gasteiger partial charge in [0.1, 0.15) is 18.2 Å². The molecule has 0 heterocycles. The number of rotatable bonds is 3. The van der Waals surface area contributed by atoms with Gasteiger partial charge in [-0.3, -0.25) is 0 Å². The molecule has 2 aromatic rings. The van der Waals surface area contributed by atoms with Gasteiger partial charge in [0.2, 0.25) is 0 Å². The fourth-order valence-corrected chi connectivity index (χ4v) is 2.21. The third kappa shape index (κ3) is 3.53. The van der Waals surface area contributed by atoms with Gasteiger partial charge in [0.15, 0.2) is 0 Å². The number of benzene rings is 2. The van der Waals surface area contributed by atoms with E-state index in [0.29, 0.717) is 21.3 Å². The number of anilines is 1. The van der Waals surface area contributed by atoms with Gasteiger partial charge in [0.25, 0.3) is 0 Å². The molecule has 19 heavy (non-hydrogen) atoms. The Morgan fingerprint density at radius 2 is 1.95 bits per heavy atom. The normalized spacial score (nSPS) is 10.5. The standard InChI is InChI=1S/C13H9BrCl2FNO/c14-9-4-12(18)13(5-11(9)17)19-6-7-3-8(15)1-2-10(7)16/h1-5H,6,18H2. The fourth-order valence-electron chi connectivity index (χ4n) is 1.48. The topological polar surface area (TPSA) is 35.2 Å². The van der Waals surface area contributed by atoms with Crippen LogP contribution in [0.1, 0.15) is 5.56 Å². The summed E-state index contributed by atoms with van der Waals surface area (Å²) in [7, 11) is 0. The predicted octanol–water partition coefficient (Wildman–Crippen LogP) is 5.06. The first-order valence-corrected chi connectivity index (χ1v) is 6.83. The van der Waals surface area contributed by atoms with Crippen LogP contribution >= 0.6 is 39.1 Å². The second-order valence-electron chi connectivity index (χ2n) is 3.83. The van der Waals surface area contributed by atoms with Gasteiger partial charge in [-0.25, -0.2) is 4.39 Å². The molecular formula is C13H9BrCl2FNO. The maximum absolute atomic E-state index is 13.4. The maximum Gasteiger partial charge on any atom is 0.145 e. The lowest BCUT2D eigenvalue weighted by atomic mass is 10.2. The highest BCUT2D eigenvalue weighted by atomic mass is 79.9. The molecule has 0 saturated heterocycles. The van der Waals surface area contributed by atoms with E-state index in [0.717, 1.165) is 0 Å². The van der Waals surface area contributed by atoms with Crippen LogP contribution in [-0.4, -0.2) is 0 Å². The van der Waals surface area contributed by atoms with Gasteiger partial charge in [-0.1, -0.05) is 23.2 Å². The van der Waals surface area contributed by atoms with E-state index in [9.17, 15) is 4.39 Å². The van der Waals surface area contributed by atoms with E-state index in [2.05, 4.69) is 15.9 Å². The Hall–Kier alpha value is -0.970. The maximum atomic E-state index is 13.4. The van der Waals surface area contributed by atoms with Crippen LogP contribution < -0.4 is 10.5 Å². The summed E-state index contributed by atoms with van der Waals surface area (Å²) in [5, 5.41) is 1.08. The van der Waals surface area contributed by atoms with Crippen molar-refractivity contribution < 1.29 is 9.13 Å². The minimum atomic E-state index is -0.443. The highest BCUT2D eigenvalue weighted by Crippen LogP contribution is 2.30. The van der Waals surface area contributed by atoms with Gasteiger partial charge in [-0.05, 0) is 40.2 Å². The summed E-state index contributed by atoms with van der Waals surface area (Å²) in [5.74, 6) is -0.182. The molecule has 0 aliphatic carbocycles. The number of nitrogen functional groups attached to an aromatic ring is 1. The molecule has 0 aliphatic rings. The Morgan fingerprint density at radius 1 is 1.21 bits per heavy atom. The van der Waals surface area contributed by atoms with Crippen LogP contribution in [0, 0.1) is 5.82 Å². The largest absolute Gasteiger partial charge is 0.487 e. The van der Waals surface area contributed by atoms with Gasteiger partial charge in [-0.15, -0.1) is 0 Å². The summed E-state index contributed by atoms with van der Waals surface area (Å²) in [4.78, 5) is 0. The molecule has 2 N–H and O–H groups in total. The number of ether oxygens (including phenoxy) is 1. The lowest BCUT2D eigenvalue weighted by molar-refractivity contribution is 0.306. The second kappa shape index (κ2) is 5.99. The van der Waals surface area contributed by atoms with E-state index in [-0.39, 0.29) is 16.8 Å². The number of hydrogen-bond acceptors (Lipinski definition) is 2. The van der Waals surface area contributed by atoms with Crippen molar-refractivity contribution in [1.29, 1.82) is 0 Å². The van der Waals surface area contributed by atoms with Crippen LogP contribution in [0.5, 0.6) is 5.75 Å². The first-order valence-electron chi connectivity index (χ1n) is 5.28. The zero-order valence-corrected chi connectivity index (χ0v) is 12.7. The highest BCUT2D eigenvalue weighted by Gasteiger charge is 2.09. The van der Waals surface area contributed by atoms with E-state index in [4.69, 9.17) is 33.7 Å². The lowest BCUT2D eigenvalue weighted by Gasteiger charge is -2.11. The van der Waals surface area contributed by atoms with Crippen LogP contribution in [0.15, 0.2) is 34.8 Å². The molecule has 2 rings (SSSR count). The summed E-state index contributed by atoms with van der Waals surface area (Å²) in [6.07, 6.45) is 0. The van der Waals surface area contributed by atoms with Gasteiger partial charge in [0.05, 0.1) is 10.2 Å². The Kier molecular flexibility index (Phi) is 4.55. The molecule has 0 bridgehead atoms. The van der Waals surface area contributed by atoms with Crippen molar-refractivity contribution in [2.75, 3.05) is 5.73 Å². The average Bonchev–Trinajstić information content (AvgIpc) is 2.36. The minimum Gasteiger partial charge on any atom is -0.487 e. The molecule has 0 aliphatic heterocycles. The van der Waals surface area contributed by atoms with Crippen LogP contribution in [-0.2, 0) is 6.61 Å². The Bertz CT molecular complexity index is 622. The van der Waals surface area contributed by atoms with E-state index < -0.39 is 5.82 Å². The van der Waals surface area contributed by atoms with E-state index in [1.165, 1.54) is 12.1 Å². The van der Waals surface area contributed by atoms with Crippen molar-refractivity contribution in [3.05, 3.63) is 56.2 Å². The summed E-state index contributed by atoms with van der Waals surface area (Å²) in [5.41, 5.74) is 6.79. The SMILES string of the molecule is Nc1cc(Br)c(F)cc1OCc1cc(Cl)ccc1Cl. The fraction of sp³-hybridized carbons (Fsp3) is 0.0769. The van der Waals surface area contributed by atoms with Gasteiger partial charge in [-0.2, -0.15) is 0 Å². The van der Waals surface area contributed by atoms with Crippen molar-refractivity contribution in [2.24, 2.45) is 0 Å². The number of hydrogen-bond donors (Lipinski definition) is 1. The van der Waals surface area contributed by atoms with Gasteiger partial charge >= 0.3 is 0 Å². The van der Waals surface area contributed by atoms with Crippen LogP contribution in [0.4, 0.5) is 10.1 Å². The van der Waals surface area contributed by atoms with E-state index >= 15 is 0 Å². The molecule has 0 atom stereocenters. The third-order valence-electron chi connectivity index (χ3n) is 2.44. The smallest absolute Gasteiger partial charge is 0.145 e. The van der Waals surface area contributed by atoms with Crippen molar-refractivity contribution in [3.63, 3.8) is 0 Å². The van der Waals surface area contributed by atoms with E-state index in [1.807, 2.05) is 0 Å². The second-order valence-corrected chi connectivity index (χ2v) is 5.53. The van der Waals surface area contributed by atoms with Crippen molar-refractivity contribution in [2.45, 2.75) is 6.61 Å². The summed E-state index contributed by atoms with van der Waals surface area (Å²) < 4.78 is 19.2. The molecule has 0 fully saturated rings. The Balaban J connectivity index is 2.19. The Morgan fingerprint density at radius 3 is 2.68 bits per heavy atom. The van der Waals surface area contributed by atoms with Gasteiger partial charge in [0, 0.05) is 21.7 Å². The molecule has 6 heteroatoms. The summed E-state index contributed by atoms with van der Waals surface area (Å²) in [6, 6.07) is 7.71. The van der Waals surface area contributed by atoms with Gasteiger partial charge < -0.3 is 10.5 Å². The molecule has 0 amide bonds. The lowest BCUT2D eigenvalue weighted by Crippen LogP contribution is -2.00. The molecule has 0 unspecified atom stereocenters. The first-order chi connectivity index (χ1) is 8.97. The molecule has 100 valence electrons.